The van der Waals surface area contributed by atoms with Crippen LogP contribution in [0.4, 0.5) is 0 Å². The molecule has 17 heavy (non-hydrogen) atoms. The van der Waals surface area contributed by atoms with Crippen molar-refractivity contribution in [2.24, 2.45) is 22.7 Å². The summed E-state index contributed by atoms with van der Waals surface area (Å²) in [5.41, 5.74) is 1.31. The van der Waals surface area contributed by atoms with Crippen LogP contribution in [0.5, 0.6) is 0 Å². The van der Waals surface area contributed by atoms with Crippen molar-refractivity contribution in [3.05, 3.63) is 0 Å². The summed E-state index contributed by atoms with van der Waals surface area (Å²) in [7, 11) is 0. The van der Waals surface area contributed by atoms with Crippen molar-refractivity contribution in [2.75, 3.05) is 6.61 Å². The van der Waals surface area contributed by atoms with Crippen molar-refractivity contribution in [3.63, 3.8) is 0 Å². The van der Waals surface area contributed by atoms with Crippen molar-refractivity contribution >= 4 is 0 Å². The third-order valence-electron chi connectivity index (χ3n) is 6.58. The van der Waals surface area contributed by atoms with Gasteiger partial charge in [-0.2, -0.15) is 0 Å². The topological polar surface area (TPSA) is 9.23 Å². The summed E-state index contributed by atoms with van der Waals surface area (Å²) in [6, 6.07) is 0. The van der Waals surface area contributed by atoms with Crippen LogP contribution in [0.2, 0.25) is 0 Å². The van der Waals surface area contributed by atoms with Crippen LogP contribution < -0.4 is 0 Å². The third kappa shape index (κ3) is 1.54. The Morgan fingerprint density at radius 1 is 0.882 bits per heavy atom. The first kappa shape index (κ1) is 12.0. The van der Waals surface area contributed by atoms with Gasteiger partial charge in [-0.25, -0.2) is 0 Å². The lowest BCUT2D eigenvalue weighted by atomic mass is 9.46. The Hall–Kier alpha value is -0.0400. The third-order valence-corrected chi connectivity index (χ3v) is 6.58. The maximum Gasteiger partial charge on any atom is 0.0688 e. The van der Waals surface area contributed by atoms with Crippen molar-refractivity contribution in [3.8, 4) is 0 Å². The van der Waals surface area contributed by atoms with Gasteiger partial charge in [0.25, 0.3) is 0 Å². The van der Waals surface area contributed by atoms with Gasteiger partial charge in [0, 0.05) is 6.61 Å². The summed E-state index contributed by atoms with van der Waals surface area (Å²) in [6.45, 7) is 11.0. The van der Waals surface area contributed by atoms with Gasteiger partial charge in [0.1, 0.15) is 0 Å². The molecule has 0 aromatic heterocycles. The van der Waals surface area contributed by atoms with E-state index in [1.54, 1.807) is 0 Å². The predicted octanol–water partition coefficient (Wildman–Crippen LogP) is 4.41. The van der Waals surface area contributed by atoms with E-state index in [4.69, 9.17) is 4.74 Å². The standard InChI is InChI=1S/C16H28O/c1-14(2)8-5-9-15(3)12(14)6-10-16(4)13(15)7-11-17-16/h12-13H,5-11H2,1-4H3/t12-,13-,15-,16-/m0/s1. The molecule has 0 aromatic rings. The minimum Gasteiger partial charge on any atom is -0.375 e. The molecule has 0 N–H and O–H groups in total. The molecule has 0 unspecified atom stereocenters. The van der Waals surface area contributed by atoms with Crippen molar-refractivity contribution in [1.29, 1.82) is 0 Å². The molecule has 3 fully saturated rings. The SMILES string of the molecule is CC1(C)CCC[C@@]2(C)[C@H]1CC[C@]1(C)OCC[C@@H]21. The zero-order chi connectivity index (χ0) is 12.3. The lowest BCUT2D eigenvalue weighted by molar-refractivity contribution is -0.147. The van der Waals surface area contributed by atoms with Crippen LogP contribution in [0.25, 0.3) is 0 Å². The van der Waals surface area contributed by atoms with E-state index in [-0.39, 0.29) is 5.60 Å². The molecule has 0 amide bonds. The summed E-state index contributed by atoms with van der Waals surface area (Å²) in [4.78, 5) is 0. The van der Waals surface area contributed by atoms with Gasteiger partial charge < -0.3 is 4.74 Å². The molecule has 1 heteroatoms. The molecule has 2 saturated carbocycles. The molecule has 98 valence electrons. The van der Waals surface area contributed by atoms with Gasteiger partial charge in [0.15, 0.2) is 0 Å². The Bertz CT molecular complexity index is 317. The maximum absolute atomic E-state index is 6.13. The molecule has 0 radical (unpaired) electrons. The number of ether oxygens (including phenoxy) is 1. The second kappa shape index (κ2) is 3.50. The molecule has 0 bridgehead atoms. The fourth-order valence-corrected chi connectivity index (χ4v) is 5.82. The number of hydrogen-bond acceptors (Lipinski definition) is 1. The minimum absolute atomic E-state index is 0.207. The van der Waals surface area contributed by atoms with E-state index < -0.39 is 0 Å². The van der Waals surface area contributed by atoms with Crippen LogP contribution in [0.3, 0.4) is 0 Å². The van der Waals surface area contributed by atoms with E-state index in [0.29, 0.717) is 10.8 Å². The molecule has 4 atom stereocenters. The van der Waals surface area contributed by atoms with E-state index in [1.807, 2.05) is 0 Å². The van der Waals surface area contributed by atoms with Crippen LogP contribution in [-0.2, 0) is 4.74 Å². The zero-order valence-corrected chi connectivity index (χ0v) is 12.0. The first-order valence-electron chi connectivity index (χ1n) is 7.52. The normalized spacial score (nSPS) is 52.9. The summed E-state index contributed by atoms with van der Waals surface area (Å²) in [5, 5.41) is 0. The second-order valence-corrected chi connectivity index (χ2v) is 7.94. The molecule has 3 rings (SSSR count). The Kier molecular flexibility index (Phi) is 2.47. The second-order valence-electron chi connectivity index (χ2n) is 7.94. The highest BCUT2D eigenvalue weighted by molar-refractivity contribution is 5.09. The van der Waals surface area contributed by atoms with Gasteiger partial charge in [-0.3, -0.25) is 0 Å². The van der Waals surface area contributed by atoms with E-state index in [9.17, 15) is 0 Å². The summed E-state index contributed by atoms with van der Waals surface area (Å²) < 4.78 is 6.13. The van der Waals surface area contributed by atoms with Gasteiger partial charge in [-0.05, 0) is 61.7 Å². The molecule has 2 aliphatic carbocycles. The molecular weight excluding hydrogens is 208 g/mol. The fraction of sp³-hybridized carbons (Fsp3) is 1.00. The average molecular weight is 236 g/mol. The van der Waals surface area contributed by atoms with Crippen LogP contribution in [-0.4, -0.2) is 12.2 Å². The fourth-order valence-electron chi connectivity index (χ4n) is 5.82. The highest BCUT2D eigenvalue weighted by Crippen LogP contribution is 2.64. The summed E-state index contributed by atoms with van der Waals surface area (Å²) in [6.07, 6.45) is 8.27. The van der Waals surface area contributed by atoms with E-state index in [2.05, 4.69) is 27.7 Å². The van der Waals surface area contributed by atoms with E-state index >= 15 is 0 Å². The molecule has 3 aliphatic rings. The number of rotatable bonds is 0. The van der Waals surface area contributed by atoms with Gasteiger partial charge in [-0.1, -0.05) is 27.2 Å². The maximum atomic E-state index is 6.13. The molecule has 0 spiro atoms. The molecule has 1 saturated heterocycles. The Labute approximate surface area is 106 Å². The first-order valence-corrected chi connectivity index (χ1v) is 7.52. The number of hydrogen-bond donors (Lipinski definition) is 0. The minimum atomic E-state index is 0.207. The first-order chi connectivity index (χ1) is 7.89. The zero-order valence-electron chi connectivity index (χ0n) is 12.0. The Morgan fingerprint density at radius 2 is 1.65 bits per heavy atom. The molecule has 1 nitrogen and oxygen atoms in total. The lowest BCUT2D eigenvalue weighted by Gasteiger charge is -2.60. The molecule has 1 heterocycles. The van der Waals surface area contributed by atoms with Gasteiger partial charge in [-0.15, -0.1) is 0 Å². The Morgan fingerprint density at radius 3 is 2.41 bits per heavy atom. The molecule has 1 aliphatic heterocycles. The van der Waals surface area contributed by atoms with Crippen LogP contribution in [0.15, 0.2) is 0 Å². The smallest absolute Gasteiger partial charge is 0.0688 e. The van der Waals surface area contributed by atoms with Gasteiger partial charge in [0.2, 0.25) is 0 Å². The number of fused-ring (bicyclic) bond motifs is 3. The molecule has 0 aromatic carbocycles. The van der Waals surface area contributed by atoms with Gasteiger partial charge in [0.05, 0.1) is 5.60 Å². The van der Waals surface area contributed by atoms with E-state index in [1.165, 1.54) is 38.5 Å². The van der Waals surface area contributed by atoms with Crippen molar-refractivity contribution in [1.82, 2.24) is 0 Å². The van der Waals surface area contributed by atoms with Crippen LogP contribution in [0, 0.1) is 22.7 Å². The largest absolute Gasteiger partial charge is 0.375 e. The summed E-state index contributed by atoms with van der Waals surface area (Å²) in [5.74, 6) is 1.73. The van der Waals surface area contributed by atoms with Crippen molar-refractivity contribution in [2.45, 2.75) is 71.8 Å². The van der Waals surface area contributed by atoms with Crippen LogP contribution in [0.1, 0.15) is 66.2 Å². The highest BCUT2D eigenvalue weighted by Gasteiger charge is 2.60. The highest BCUT2D eigenvalue weighted by atomic mass is 16.5. The van der Waals surface area contributed by atoms with E-state index in [0.717, 1.165) is 18.4 Å². The van der Waals surface area contributed by atoms with Gasteiger partial charge >= 0.3 is 0 Å². The van der Waals surface area contributed by atoms with Crippen molar-refractivity contribution < 1.29 is 4.74 Å². The predicted molar refractivity (Wildman–Crippen MR) is 70.9 cm³/mol. The molecular formula is C16H28O. The quantitative estimate of drug-likeness (QED) is 0.605. The monoisotopic (exact) mass is 236 g/mol. The summed E-state index contributed by atoms with van der Waals surface area (Å²) >= 11 is 0. The average Bonchev–Trinajstić information content (AvgIpc) is 2.60. The Balaban J connectivity index is 1.98. The van der Waals surface area contributed by atoms with Crippen LogP contribution >= 0.6 is 0 Å². The lowest BCUT2D eigenvalue weighted by Crippen LogP contribution is -2.55.